The number of benzene rings is 2. The molecule has 0 unspecified atom stereocenters. The van der Waals surface area contributed by atoms with E-state index in [0.29, 0.717) is 31.9 Å². The van der Waals surface area contributed by atoms with E-state index in [0.717, 1.165) is 42.8 Å². The molecule has 11 heteroatoms. The number of ether oxygens (including phenoxy) is 3. The minimum Gasteiger partial charge on any atom is -0.490 e. The van der Waals surface area contributed by atoms with Crippen molar-refractivity contribution in [2.75, 3.05) is 37.8 Å². The Bertz CT molecular complexity index is 1650. The number of fused-ring (bicyclic) bond motifs is 4. The number of allylic oxidation sites excluding steroid dienone is 1. The highest BCUT2D eigenvalue weighted by Crippen LogP contribution is 2.47. The average Bonchev–Trinajstić information content (AvgIpc) is 3.17. The van der Waals surface area contributed by atoms with Crippen LogP contribution in [0.3, 0.4) is 0 Å². The number of halogens is 1. The maximum Gasteiger partial charge on any atom is 0.332 e. The van der Waals surface area contributed by atoms with Crippen LogP contribution >= 0.6 is 11.6 Å². The Balaban J connectivity index is 1.40. The van der Waals surface area contributed by atoms with Crippen molar-refractivity contribution < 1.29 is 32.2 Å². The molecule has 0 radical (unpaired) electrons. The van der Waals surface area contributed by atoms with Gasteiger partial charge in [0.2, 0.25) is 10.0 Å². The molecule has 6 rings (SSSR count). The Hall–Kier alpha value is -3.08. The van der Waals surface area contributed by atoms with Gasteiger partial charge < -0.3 is 19.1 Å². The van der Waals surface area contributed by atoms with Crippen molar-refractivity contribution in [1.82, 2.24) is 4.72 Å². The van der Waals surface area contributed by atoms with Gasteiger partial charge in [-0.3, -0.25) is 4.79 Å². The molecule has 1 spiro atoms. The number of aryl methyl sites for hydroxylation is 1. The molecule has 1 amide bonds. The lowest BCUT2D eigenvalue weighted by Gasteiger charge is -2.46. The number of nitrogens with one attached hydrogen (secondary N) is 1. The van der Waals surface area contributed by atoms with Crippen molar-refractivity contribution in [3.05, 3.63) is 70.3 Å². The quantitative estimate of drug-likeness (QED) is 0.316. The number of carbonyl (C=O) groups is 2. The van der Waals surface area contributed by atoms with Crippen molar-refractivity contribution in [2.24, 2.45) is 17.8 Å². The first-order chi connectivity index (χ1) is 22.5. The zero-order valence-corrected chi connectivity index (χ0v) is 28.9. The van der Waals surface area contributed by atoms with E-state index < -0.39 is 27.1 Å². The summed E-state index contributed by atoms with van der Waals surface area (Å²) in [7, 11) is -3.97. The second-order valence-electron chi connectivity index (χ2n) is 13.7. The molecule has 2 heterocycles. The Morgan fingerprint density at radius 1 is 1.17 bits per heavy atom. The van der Waals surface area contributed by atoms with Gasteiger partial charge in [0, 0.05) is 29.1 Å². The second kappa shape index (κ2) is 13.8. The number of hydrogen-bond donors (Lipinski definition) is 1. The second-order valence-corrected chi connectivity index (χ2v) is 16.2. The van der Waals surface area contributed by atoms with Gasteiger partial charge in [-0.05, 0) is 112 Å². The number of anilines is 1. The van der Waals surface area contributed by atoms with Gasteiger partial charge >= 0.3 is 5.97 Å². The maximum absolute atomic E-state index is 13.5. The third-order valence-corrected chi connectivity index (χ3v) is 12.9. The number of hydrogen-bond acceptors (Lipinski definition) is 8. The summed E-state index contributed by atoms with van der Waals surface area (Å²) in [6, 6.07) is 11.3. The zero-order valence-electron chi connectivity index (χ0n) is 27.4. The molecule has 0 aromatic heterocycles. The summed E-state index contributed by atoms with van der Waals surface area (Å²) in [5.74, 6) is -0.260. The van der Waals surface area contributed by atoms with Crippen molar-refractivity contribution in [3.8, 4) is 5.75 Å². The molecule has 1 saturated carbocycles. The third-order valence-electron chi connectivity index (χ3n) is 10.7. The van der Waals surface area contributed by atoms with Gasteiger partial charge in [0.15, 0.2) is 0 Å². The molecule has 6 atom stereocenters. The SMILES string of the molecule is CCOC(=O)CO[C@H]1/C=C/C[C@H](C)[C@@H](C)S(=O)(=O)NC(=O)c2ccc3c(c2)N(C[C@@H]2CC[C@H]21)C[C@@]1(CCCc2cc(Cl)ccc21)CO3. The van der Waals surface area contributed by atoms with Crippen LogP contribution in [0.4, 0.5) is 5.69 Å². The lowest BCUT2D eigenvalue weighted by molar-refractivity contribution is -0.151. The monoisotopic (exact) mass is 684 g/mol. The Labute approximate surface area is 283 Å². The van der Waals surface area contributed by atoms with E-state index in [1.54, 1.807) is 32.0 Å². The number of sulfonamides is 1. The molecule has 9 nitrogen and oxygen atoms in total. The number of esters is 1. The summed E-state index contributed by atoms with van der Waals surface area (Å²) in [5.41, 5.74) is 3.21. The fourth-order valence-electron chi connectivity index (χ4n) is 7.69. The van der Waals surface area contributed by atoms with Crippen LogP contribution < -0.4 is 14.4 Å². The van der Waals surface area contributed by atoms with E-state index in [2.05, 4.69) is 21.8 Å². The summed E-state index contributed by atoms with van der Waals surface area (Å²) in [6.45, 7) is 7.21. The van der Waals surface area contributed by atoms with E-state index in [1.807, 2.05) is 25.1 Å². The maximum atomic E-state index is 13.5. The molecule has 2 aromatic rings. The Morgan fingerprint density at radius 3 is 2.77 bits per heavy atom. The van der Waals surface area contributed by atoms with Crippen LogP contribution in [0.15, 0.2) is 48.6 Å². The van der Waals surface area contributed by atoms with Gasteiger partial charge in [0.1, 0.15) is 12.4 Å². The van der Waals surface area contributed by atoms with Crippen LogP contribution in [-0.2, 0) is 36.1 Å². The smallest absolute Gasteiger partial charge is 0.332 e. The molecule has 2 aliphatic carbocycles. The van der Waals surface area contributed by atoms with E-state index in [-0.39, 0.29) is 48.0 Å². The highest BCUT2D eigenvalue weighted by molar-refractivity contribution is 7.90. The summed E-state index contributed by atoms with van der Waals surface area (Å²) in [4.78, 5) is 28.1. The highest BCUT2D eigenvalue weighted by atomic mass is 35.5. The van der Waals surface area contributed by atoms with Gasteiger partial charge in [0.05, 0.1) is 30.3 Å². The molecule has 2 bridgehead atoms. The minimum absolute atomic E-state index is 0.148. The van der Waals surface area contributed by atoms with Gasteiger partial charge in [0.25, 0.3) is 5.91 Å². The van der Waals surface area contributed by atoms with Crippen LogP contribution in [0.2, 0.25) is 5.02 Å². The molecule has 1 N–H and O–H groups in total. The van der Waals surface area contributed by atoms with Crippen LogP contribution in [0.5, 0.6) is 5.75 Å². The normalized spacial score (nSPS) is 30.9. The zero-order chi connectivity index (χ0) is 33.3. The Kier molecular flexibility index (Phi) is 9.93. The third kappa shape index (κ3) is 7.06. The number of carbonyl (C=O) groups excluding carboxylic acids is 2. The molecule has 4 aliphatic rings. The van der Waals surface area contributed by atoms with Gasteiger partial charge in [-0.25, -0.2) is 17.9 Å². The predicted molar refractivity (Wildman–Crippen MR) is 182 cm³/mol. The molecule has 2 aromatic carbocycles. The largest absolute Gasteiger partial charge is 0.490 e. The first-order valence-corrected chi connectivity index (χ1v) is 18.7. The van der Waals surface area contributed by atoms with E-state index in [1.165, 1.54) is 11.1 Å². The molecule has 254 valence electrons. The van der Waals surface area contributed by atoms with Crippen molar-refractivity contribution in [2.45, 2.75) is 76.1 Å². The number of rotatable bonds is 4. The molecule has 1 fully saturated rings. The number of nitrogens with zero attached hydrogens (tertiary/aromatic N) is 1. The topological polar surface area (TPSA) is 111 Å². The van der Waals surface area contributed by atoms with Crippen LogP contribution in [-0.4, -0.2) is 64.6 Å². The summed E-state index contributed by atoms with van der Waals surface area (Å²) in [5, 5.41) is -0.100. The van der Waals surface area contributed by atoms with Crippen LogP contribution in [0.25, 0.3) is 0 Å². The molecular formula is C36H45ClN2O7S. The first-order valence-electron chi connectivity index (χ1n) is 16.8. The Morgan fingerprint density at radius 2 is 2.00 bits per heavy atom. The van der Waals surface area contributed by atoms with Gasteiger partial charge in [-0.15, -0.1) is 0 Å². The lowest BCUT2D eigenvalue weighted by atomic mass is 9.68. The highest BCUT2D eigenvalue weighted by Gasteiger charge is 2.44. The fraction of sp³-hybridized carbons (Fsp3) is 0.556. The van der Waals surface area contributed by atoms with E-state index in [9.17, 15) is 18.0 Å². The number of amides is 1. The summed E-state index contributed by atoms with van der Waals surface area (Å²) >= 11 is 6.42. The van der Waals surface area contributed by atoms with Crippen molar-refractivity contribution in [3.63, 3.8) is 0 Å². The minimum atomic E-state index is -3.97. The average molecular weight is 685 g/mol. The lowest BCUT2D eigenvalue weighted by Crippen LogP contribution is -2.50. The first kappa shape index (κ1) is 33.8. The molecular weight excluding hydrogens is 640 g/mol. The van der Waals surface area contributed by atoms with Gasteiger partial charge in [-0.1, -0.05) is 36.7 Å². The predicted octanol–water partition coefficient (Wildman–Crippen LogP) is 5.83. The molecule has 2 aliphatic heterocycles. The van der Waals surface area contributed by atoms with Crippen LogP contribution in [0, 0.1) is 17.8 Å². The van der Waals surface area contributed by atoms with Crippen LogP contribution in [0.1, 0.15) is 74.4 Å². The van der Waals surface area contributed by atoms with E-state index >= 15 is 0 Å². The fourth-order valence-corrected chi connectivity index (χ4v) is 9.17. The van der Waals surface area contributed by atoms with Crippen molar-refractivity contribution in [1.29, 1.82) is 0 Å². The van der Waals surface area contributed by atoms with E-state index in [4.69, 9.17) is 25.8 Å². The standard InChI is InChI=1S/C36H45ClN2O7S/c1-4-44-34(40)20-45-32-9-5-7-23(2)24(3)47(42,43)38-35(41)26-11-15-33-31(18-26)39(19-27-10-13-29(27)32)21-36(22-46-33)16-6-8-25-17-28(37)12-14-30(25)36/h5,9,11-12,14-15,17-18,23-24,27,29,32H,4,6-8,10,13,16,19-22H2,1-3H3,(H,38,41)/b9-5+/t23-,24+,27-,29+,32-,36-/m0/s1. The van der Waals surface area contributed by atoms with Gasteiger partial charge in [-0.2, -0.15) is 0 Å². The summed E-state index contributed by atoms with van der Waals surface area (Å²) < 4.78 is 46.9. The summed E-state index contributed by atoms with van der Waals surface area (Å²) in [6.07, 6.45) is 8.92. The molecule has 0 saturated heterocycles. The molecule has 47 heavy (non-hydrogen) atoms. The van der Waals surface area contributed by atoms with Crippen molar-refractivity contribution >= 4 is 39.2 Å².